The lowest BCUT2D eigenvalue weighted by molar-refractivity contribution is 0.624. The van der Waals surface area contributed by atoms with Gasteiger partial charge in [0.1, 0.15) is 5.82 Å². The molecule has 0 atom stereocenters. The molecule has 6 nitrogen and oxygen atoms in total. The SMILES string of the molecule is CCN(c1nc(N)nc(N(C)C)n1)c1ccccc1F. The summed E-state index contributed by atoms with van der Waals surface area (Å²) < 4.78 is 13.9. The van der Waals surface area contributed by atoms with E-state index >= 15 is 0 Å². The molecular formula is C13H17FN6. The van der Waals surface area contributed by atoms with E-state index in [0.29, 0.717) is 24.1 Å². The molecule has 0 spiro atoms. The molecule has 1 aromatic carbocycles. The van der Waals surface area contributed by atoms with Crippen LogP contribution in [-0.2, 0) is 0 Å². The third-order valence-corrected chi connectivity index (χ3v) is 2.73. The van der Waals surface area contributed by atoms with Gasteiger partial charge in [0.25, 0.3) is 0 Å². The summed E-state index contributed by atoms with van der Waals surface area (Å²) in [6.07, 6.45) is 0. The van der Waals surface area contributed by atoms with Crippen LogP contribution in [0, 0.1) is 5.82 Å². The number of hydrogen-bond acceptors (Lipinski definition) is 6. The Morgan fingerprint density at radius 3 is 2.35 bits per heavy atom. The summed E-state index contributed by atoms with van der Waals surface area (Å²) >= 11 is 0. The Balaban J connectivity index is 2.50. The van der Waals surface area contributed by atoms with Crippen LogP contribution in [0.25, 0.3) is 0 Å². The molecule has 0 unspecified atom stereocenters. The molecule has 0 aliphatic heterocycles. The van der Waals surface area contributed by atoms with Crippen LogP contribution in [0.5, 0.6) is 0 Å². The smallest absolute Gasteiger partial charge is 0.236 e. The highest BCUT2D eigenvalue weighted by Gasteiger charge is 2.16. The second kappa shape index (κ2) is 5.68. The average molecular weight is 276 g/mol. The van der Waals surface area contributed by atoms with Crippen molar-refractivity contribution in [1.82, 2.24) is 15.0 Å². The van der Waals surface area contributed by atoms with E-state index in [-0.39, 0.29) is 11.8 Å². The number of rotatable bonds is 4. The molecule has 1 aromatic heterocycles. The molecule has 2 aromatic rings. The highest BCUT2D eigenvalue weighted by molar-refractivity contribution is 5.59. The van der Waals surface area contributed by atoms with Crippen LogP contribution in [0.3, 0.4) is 0 Å². The third kappa shape index (κ3) is 2.76. The summed E-state index contributed by atoms with van der Waals surface area (Å²) in [7, 11) is 3.61. The summed E-state index contributed by atoms with van der Waals surface area (Å²) in [6, 6.07) is 6.47. The van der Waals surface area contributed by atoms with Crippen molar-refractivity contribution in [3.05, 3.63) is 30.1 Å². The zero-order valence-corrected chi connectivity index (χ0v) is 11.7. The molecule has 0 aliphatic carbocycles. The zero-order chi connectivity index (χ0) is 14.7. The quantitative estimate of drug-likeness (QED) is 0.918. The normalized spacial score (nSPS) is 10.4. The fourth-order valence-electron chi connectivity index (χ4n) is 1.78. The first-order chi connectivity index (χ1) is 9.52. The number of halogens is 1. The number of para-hydroxylation sites is 1. The summed E-state index contributed by atoms with van der Waals surface area (Å²) in [5, 5.41) is 0. The number of anilines is 4. The van der Waals surface area contributed by atoms with Crippen LogP contribution < -0.4 is 15.5 Å². The van der Waals surface area contributed by atoms with E-state index in [2.05, 4.69) is 15.0 Å². The monoisotopic (exact) mass is 276 g/mol. The molecule has 106 valence electrons. The average Bonchev–Trinajstić information content (AvgIpc) is 2.41. The second-order valence-corrected chi connectivity index (χ2v) is 4.38. The summed E-state index contributed by atoms with van der Waals surface area (Å²) in [5.74, 6) is 0.532. The van der Waals surface area contributed by atoms with Crippen molar-refractivity contribution in [2.24, 2.45) is 0 Å². The summed E-state index contributed by atoms with van der Waals surface area (Å²) in [6.45, 7) is 2.40. The van der Waals surface area contributed by atoms with Gasteiger partial charge in [-0.05, 0) is 19.1 Å². The molecule has 0 fully saturated rings. The molecule has 0 bridgehead atoms. The highest BCUT2D eigenvalue weighted by Crippen LogP contribution is 2.25. The number of hydrogen-bond donors (Lipinski definition) is 1. The topological polar surface area (TPSA) is 71.2 Å². The van der Waals surface area contributed by atoms with Gasteiger partial charge in [-0.15, -0.1) is 0 Å². The van der Waals surface area contributed by atoms with Crippen LogP contribution in [-0.4, -0.2) is 35.6 Å². The maximum absolute atomic E-state index is 13.9. The second-order valence-electron chi connectivity index (χ2n) is 4.38. The highest BCUT2D eigenvalue weighted by atomic mass is 19.1. The lowest BCUT2D eigenvalue weighted by Crippen LogP contribution is -2.23. The maximum atomic E-state index is 13.9. The first kappa shape index (κ1) is 14.0. The number of nitrogens with two attached hydrogens (primary N) is 1. The molecule has 2 N–H and O–H groups in total. The Morgan fingerprint density at radius 1 is 1.10 bits per heavy atom. The van der Waals surface area contributed by atoms with Gasteiger partial charge < -0.3 is 15.5 Å². The number of nitrogen functional groups attached to an aromatic ring is 1. The predicted molar refractivity (Wildman–Crippen MR) is 77.6 cm³/mol. The zero-order valence-electron chi connectivity index (χ0n) is 11.7. The van der Waals surface area contributed by atoms with Gasteiger partial charge in [-0.2, -0.15) is 15.0 Å². The third-order valence-electron chi connectivity index (χ3n) is 2.73. The van der Waals surface area contributed by atoms with Crippen LogP contribution in [0.4, 0.5) is 27.9 Å². The van der Waals surface area contributed by atoms with Crippen molar-refractivity contribution in [2.45, 2.75) is 6.92 Å². The predicted octanol–water partition coefficient (Wildman–Crippen LogP) is 1.82. The molecule has 7 heteroatoms. The molecule has 20 heavy (non-hydrogen) atoms. The molecular weight excluding hydrogens is 259 g/mol. The van der Waals surface area contributed by atoms with Crippen LogP contribution in [0.2, 0.25) is 0 Å². The minimum Gasteiger partial charge on any atom is -0.368 e. The van der Waals surface area contributed by atoms with Crippen molar-refractivity contribution in [3.63, 3.8) is 0 Å². The maximum Gasteiger partial charge on any atom is 0.236 e. The summed E-state index contributed by atoms with van der Waals surface area (Å²) in [5.41, 5.74) is 6.10. The lowest BCUT2D eigenvalue weighted by atomic mass is 10.3. The van der Waals surface area contributed by atoms with Gasteiger partial charge >= 0.3 is 0 Å². The molecule has 0 radical (unpaired) electrons. The van der Waals surface area contributed by atoms with E-state index in [9.17, 15) is 4.39 Å². The summed E-state index contributed by atoms with van der Waals surface area (Å²) in [4.78, 5) is 15.8. The van der Waals surface area contributed by atoms with E-state index in [1.54, 1.807) is 42.1 Å². The Labute approximate surface area is 117 Å². The van der Waals surface area contributed by atoms with E-state index < -0.39 is 0 Å². The minimum atomic E-state index is -0.334. The Hall–Kier alpha value is -2.44. The van der Waals surface area contributed by atoms with Gasteiger partial charge in [0.15, 0.2) is 0 Å². The van der Waals surface area contributed by atoms with Gasteiger partial charge in [-0.1, -0.05) is 12.1 Å². The van der Waals surface area contributed by atoms with Gasteiger partial charge in [-0.3, -0.25) is 0 Å². The Morgan fingerprint density at radius 2 is 1.75 bits per heavy atom. The molecule has 0 saturated carbocycles. The minimum absolute atomic E-state index is 0.105. The molecule has 0 saturated heterocycles. The van der Waals surface area contributed by atoms with Gasteiger partial charge in [0.2, 0.25) is 17.8 Å². The van der Waals surface area contributed by atoms with Crippen LogP contribution in [0.15, 0.2) is 24.3 Å². The van der Waals surface area contributed by atoms with Crippen LogP contribution in [0.1, 0.15) is 6.92 Å². The van der Waals surface area contributed by atoms with Crippen LogP contribution >= 0.6 is 0 Å². The van der Waals surface area contributed by atoms with Crippen molar-refractivity contribution in [1.29, 1.82) is 0 Å². The number of nitrogens with zero attached hydrogens (tertiary/aromatic N) is 5. The van der Waals surface area contributed by atoms with Crippen molar-refractivity contribution in [3.8, 4) is 0 Å². The first-order valence-electron chi connectivity index (χ1n) is 6.24. The fourth-order valence-corrected chi connectivity index (χ4v) is 1.78. The van der Waals surface area contributed by atoms with Gasteiger partial charge in [0.05, 0.1) is 5.69 Å². The van der Waals surface area contributed by atoms with E-state index in [1.165, 1.54) is 6.07 Å². The fraction of sp³-hybridized carbons (Fsp3) is 0.308. The van der Waals surface area contributed by atoms with Crippen molar-refractivity contribution >= 4 is 23.5 Å². The Bertz CT molecular complexity index is 601. The van der Waals surface area contributed by atoms with E-state index in [4.69, 9.17) is 5.73 Å². The van der Waals surface area contributed by atoms with E-state index in [0.717, 1.165) is 0 Å². The molecule has 2 rings (SSSR count). The van der Waals surface area contributed by atoms with Gasteiger partial charge in [-0.25, -0.2) is 4.39 Å². The van der Waals surface area contributed by atoms with E-state index in [1.807, 2.05) is 6.92 Å². The standard InChI is InChI=1S/C13H17FN6/c1-4-20(10-8-6-5-7-9(10)14)13-17-11(15)16-12(18-13)19(2)3/h5-8H,4H2,1-3H3,(H2,15,16,17,18). The first-order valence-corrected chi connectivity index (χ1v) is 6.24. The number of benzene rings is 1. The van der Waals surface area contributed by atoms with Crippen molar-refractivity contribution in [2.75, 3.05) is 36.2 Å². The van der Waals surface area contributed by atoms with Gasteiger partial charge in [0, 0.05) is 20.6 Å². The molecule has 0 aliphatic rings. The number of aromatic nitrogens is 3. The molecule has 1 heterocycles. The molecule has 0 amide bonds. The van der Waals surface area contributed by atoms with Crippen molar-refractivity contribution < 1.29 is 4.39 Å². The lowest BCUT2D eigenvalue weighted by Gasteiger charge is -2.22. The Kier molecular flexibility index (Phi) is 3.97. The largest absolute Gasteiger partial charge is 0.368 e.